The molecule has 0 bridgehead atoms. The van der Waals surface area contributed by atoms with Crippen molar-refractivity contribution >= 4 is 17.6 Å². The van der Waals surface area contributed by atoms with Gasteiger partial charge in [0.1, 0.15) is 0 Å². The van der Waals surface area contributed by atoms with E-state index in [2.05, 4.69) is 10.6 Å². The minimum Gasteiger partial charge on any atom is -0.462 e. The van der Waals surface area contributed by atoms with Crippen LogP contribution >= 0.6 is 0 Å². The molecule has 2 rings (SSSR count). The maximum atomic E-state index is 12.2. The van der Waals surface area contributed by atoms with E-state index in [1.54, 1.807) is 31.2 Å². The van der Waals surface area contributed by atoms with E-state index < -0.39 is 5.97 Å². The molecule has 1 fully saturated rings. The van der Waals surface area contributed by atoms with Crippen LogP contribution in [-0.4, -0.2) is 31.6 Å². The first kappa shape index (κ1) is 14.5. The van der Waals surface area contributed by atoms with Crippen molar-refractivity contribution in [2.75, 3.05) is 25.0 Å². The molecule has 0 spiro atoms. The minimum atomic E-state index is -0.412. The number of rotatable bonds is 4. The van der Waals surface area contributed by atoms with Crippen LogP contribution in [0, 0.1) is 5.92 Å². The third-order valence-corrected chi connectivity index (χ3v) is 3.35. The molecule has 1 saturated heterocycles. The molecule has 0 radical (unpaired) electrons. The Morgan fingerprint density at radius 3 is 2.90 bits per heavy atom. The fraction of sp³-hybridized carbons (Fsp3) is 0.467. The lowest BCUT2D eigenvalue weighted by atomic mass is 9.98. The summed E-state index contributed by atoms with van der Waals surface area (Å²) in [6.45, 7) is 3.72. The summed E-state index contributed by atoms with van der Waals surface area (Å²) in [4.78, 5) is 24.0. The van der Waals surface area contributed by atoms with E-state index in [0.717, 1.165) is 19.4 Å². The van der Waals surface area contributed by atoms with Crippen LogP contribution in [0.5, 0.6) is 0 Å². The van der Waals surface area contributed by atoms with Crippen LogP contribution in [0.1, 0.15) is 30.1 Å². The van der Waals surface area contributed by atoms with Gasteiger partial charge in [0.2, 0.25) is 5.91 Å². The van der Waals surface area contributed by atoms with Crippen molar-refractivity contribution in [1.29, 1.82) is 0 Å². The Morgan fingerprint density at radius 1 is 1.40 bits per heavy atom. The number of benzene rings is 1. The van der Waals surface area contributed by atoms with Crippen molar-refractivity contribution in [3.8, 4) is 0 Å². The monoisotopic (exact) mass is 276 g/mol. The third-order valence-electron chi connectivity index (χ3n) is 3.35. The average Bonchev–Trinajstić information content (AvgIpc) is 2.49. The highest BCUT2D eigenvalue weighted by atomic mass is 16.5. The van der Waals surface area contributed by atoms with Gasteiger partial charge in [-0.1, -0.05) is 12.1 Å². The molecule has 108 valence electrons. The van der Waals surface area contributed by atoms with Crippen molar-refractivity contribution < 1.29 is 14.3 Å². The Kier molecular flexibility index (Phi) is 5.12. The number of hydrogen-bond donors (Lipinski definition) is 2. The molecule has 1 aliphatic rings. The summed E-state index contributed by atoms with van der Waals surface area (Å²) < 4.78 is 4.99. The highest BCUT2D eigenvalue weighted by Gasteiger charge is 2.22. The zero-order chi connectivity index (χ0) is 14.4. The molecule has 1 aromatic rings. The largest absolute Gasteiger partial charge is 0.462 e. The van der Waals surface area contributed by atoms with Gasteiger partial charge in [0.25, 0.3) is 0 Å². The van der Waals surface area contributed by atoms with E-state index in [0.29, 0.717) is 24.4 Å². The summed E-state index contributed by atoms with van der Waals surface area (Å²) in [7, 11) is 0. The predicted molar refractivity (Wildman–Crippen MR) is 76.6 cm³/mol. The smallest absolute Gasteiger partial charge is 0.340 e. The van der Waals surface area contributed by atoms with Gasteiger partial charge in [0.15, 0.2) is 0 Å². The van der Waals surface area contributed by atoms with E-state index in [4.69, 9.17) is 4.74 Å². The molecule has 1 aliphatic heterocycles. The lowest BCUT2D eigenvalue weighted by molar-refractivity contribution is -0.120. The Morgan fingerprint density at radius 2 is 2.20 bits per heavy atom. The Hall–Kier alpha value is -1.88. The molecule has 2 N–H and O–H groups in total. The zero-order valence-corrected chi connectivity index (χ0v) is 11.6. The Bertz CT molecular complexity index is 482. The number of amides is 1. The van der Waals surface area contributed by atoms with Gasteiger partial charge in [0.05, 0.1) is 23.8 Å². The second kappa shape index (κ2) is 7.05. The molecule has 5 heteroatoms. The molecule has 1 aromatic carbocycles. The molecular formula is C15H20N2O3. The number of para-hydroxylation sites is 1. The van der Waals surface area contributed by atoms with Crippen molar-refractivity contribution in [2.45, 2.75) is 19.8 Å². The summed E-state index contributed by atoms with van der Waals surface area (Å²) in [6, 6.07) is 6.93. The predicted octanol–water partition coefficient (Wildman–Crippen LogP) is 1.80. The summed E-state index contributed by atoms with van der Waals surface area (Å²) in [6.07, 6.45) is 1.87. The number of carbonyl (C=O) groups is 2. The highest BCUT2D eigenvalue weighted by molar-refractivity contribution is 6.01. The summed E-state index contributed by atoms with van der Waals surface area (Å²) in [5.74, 6) is -0.502. The second-order valence-electron chi connectivity index (χ2n) is 4.80. The quantitative estimate of drug-likeness (QED) is 0.823. The van der Waals surface area contributed by atoms with Gasteiger partial charge in [-0.25, -0.2) is 4.79 Å². The van der Waals surface area contributed by atoms with E-state index >= 15 is 0 Å². The number of piperidine rings is 1. The molecule has 0 aromatic heterocycles. The van der Waals surface area contributed by atoms with Gasteiger partial charge in [-0.2, -0.15) is 0 Å². The van der Waals surface area contributed by atoms with Crippen LogP contribution in [0.3, 0.4) is 0 Å². The summed E-state index contributed by atoms with van der Waals surface area (Å²) >= 11 is 0. The molecule has 1 heterocycles. The van der Waals surface area contributed by atoms with Crippen LogP contribution in [0.25, 0.3) is 0 Å². The van der Waals surface area contributed by atoms with Crippen LogP contribution < -0.4 is 10.6 Å². The van der Waals surface area contributed by atoms with Gasteiger partial charge < -0.3 is 15.4 Å². The fourth-order valence-electron chi connectivity index (χ4n) is 2.29. The third kappa shape index (κ3) is 3.57. The molecule has 5 nitrogen and oxygen atoms in total. The molecule has 1 amide bonds. The molecule has 1 unspecified atom stereocenters. The Labute approximate surface area is 118 Å². The lowest BCUT2D eigenvalue weighted by Crippen LogP contribution is -2.37. The second-order valence-corrected chi connectivity index (χ2v) is 4.80. The molecule has 1 atom stereocenters. The van der Waals surface area contributed by atoms with E-state index in [1.165, 1.54) is 0 Å². The first-order chi connectivity index (χ1) is 9.72. The number of anilines is 1. The minimum absolute atomic E-state index is 0.0426. The van der Waals surface area contributed by atoms with Gasteiger partial charge in [-0.3, -0.25) is 4.79 Å². The fourth-order valence-corrected chi connectivity index (χ4v) is 2.29. The van der Waals surface area contributed by atoms with Crippen LogP contribution in [0.4, 0.5) is 5.69 Å². The van der Waals surface area contributed by atoms with Crippen molar-refractivity contribution in [2.24, 2.45) is 5.92 Å². The van der Waals surface area contributed by atoms with Gasteiger partial charge in [0, 0.05) is 6.54 Å². The number of nitrogens with one attached hydrogen (secondary N) is 2. The maximum absolute atomic E-state index is 12.2. The first-order valence-corrected chi connectivity index (χ1v) is 7.00. The van der Waals surface area contributed by atoms with Crippen LogP contribution in [0.2, 0.25) is 0 Å². The average molecular weight is 276 g/mol. The molecule has 20 heavy (non-hydrogen) atoms. The number of hydrogen-bond acceptors (Lipinski definition) is 4. The van der Waals surface area contributed by atoms with Crippen LogP contribution in [0.15, 0.2) is 24.3 Å². The van der Waals surface area contributed by atoms with E-state index in [-0.39, 0.29) is 11.8 Å². The zero-order valence-electron chi connectivity index (χ0n) is 11.6. The van der Waals surface area contributed by atoms with Crippen molar-refractivity contribution in [1.82, 2.24) is 5.32 Å². The molecule has 0 aliphatic carbocycles. The summed E-state index contributed by atoms with van der Waals surface area (Å²) in [5, 5.41) is 6.05. The number of ether oxygens (including phenoxy) is 1. The van der Waals surface area contributed by atoms with E-state index in [1.807, 2.05) is 0 Å². The van der Waals surface area contributed by atoms with Gasteiger partial charge in [-0.15, -0.1) is 0 Å². The Balaban J connectivity index is 2.08. The number of esters is 1. The maximum Gasteiger partial charge on any atom is 0.340 e. The van der Waals surface area contributed by atoms with Crippen molar-refractivity contribution in [3.05, 3.63) is 29.8 Å². The first-order valence-electron chi connectivity index (χ1n) is 7.00. The van der Waals surface area contributed by atoms with Crippen LogP contribution in [-0.2, 0) is 9.53 Å². The van der Waals surface area contributed by atoms with Gasteiger partial charge in [-0.05, 0) is 38.4 Å². The highest BCUT2D eigenvalue weighted by Crippen LogP contribution is 2.19. The number of carbonyl (C=O) groups excluding carboxylic acids is 2. The lowest BCUT2D eigenvalue weighted by Gasteiger charge is -2.22. The summed E-state index contributed by atoms with van der Waals surface area (Å²) in [5.41, 5.74) is 0.910. The van der Waals surface area contributed by atoms with Gasteiger partial charge >= 0.3 is 5.97 Å². The van der Waals surface area contributed by atoms with E-state index in [9.17, 15) is 9.59 Å². The molecule has 0 saturated carbocycles. The SMILES string of the molecule is CCOC(=O)c1ccccc1NC(=O)C1CCCNC1. The topological polar surface area (TPSA) is 67.4 Å². The standard InChI is InChI=1S/C15H20N2O3/c1-2-20-15(19)12-7-3-4-8-13(12)17-14(18)11-6-5-9-16-10-11/h3-4,7-8,11,16H,2,5-6,9-10H2,1H3,(H,17,18). The van der Waals surface area contributed by atoms with Crippen molar-refractivity contribution in [3.63, 3.8) is 0 Å². The molecular weight excluding hydrogens is 256 g/mol. The normalized spacial score (nSPS) is 18.4.